The summed E-state index contributed by atoms with van der Waals surface area (Å²) in [6, 6.07) is -0.881. The predicted molar refractivity (Wildman–Crippen MR) is 175 cm³/mol. The van der Waals surface area contributed by atoms with Gasteiger partial charge < -0.3 is 21.1 Å². The number of amides is 1. The molecule has 3 unspecified atom stereocenters. The maximum atomic E-state index is 12.6. The highest BCUT2D eigenvalue weighted by atomic mass is 31.2. The topological polar surface area (TPSA) is 131 Å². The Balaban J connectivity index is 4.41. The standard InChI is InChI=1S/C33H61N2O6P/c1-3-5-7-9-11-13-14-15-16-17-18-19-21-23-25-27-33(37)35-31(30-41-42(38,39)40-29-28-34)32(36)26-24-22-20-12-10-8-6-4-2/h10-13,15-16,24,26,31-32,36H,3-9,14,17-23,25,27-30,34H2,1-2H3,(H,35,37)(H,38,39)/b12-10+,13-11-,16-15-,26-24+. The molecule has 0 aliphatic carbocycles. The van der Waals surface area contributed by atoms with Gasteiger partial charge in [-0.3, -0.25) is 13.8 Å². The molecule has 0 fully saturated rings. The lowest BCUT2D eigenvalue weighted by molar-refractivity contribution is -0.123. The number of nitrogens with two attached hydrogens (primary N) is 1. The molecule has 0 aromatic heterocycles. The van der Waals surface area contributed by atoms with E-state index in [4.69, 9.17) is 14.8 Å². The molecule has 244 valence electrons. The predicted octanol–water partition coefficient (Wildman–Crippen LogP) is 7.82. The van der Waals surface area contributed by atoms with Crippen LogP contribution in [0.5, 0.6) is 0 Å². The lowest BCUT2D eigenvalue weighted by Crippen LogP contribution is -2.45. The second kappa shape index (κ2) is 29.5. The molecule has 0 aliphatic rings. The normalized spacial score (nSPS) is 15.3. The quantitative estimate of drug-likeness (QED) is 0.0385. The van der Waals surface area contributed by atoms with Crippen molar-refractivity contribution in [2.75, 3.05) is 19.8 Å². The molecular formula is C33H61N2O6P. The highest BCUT2D eigenvalue weighted by molar-refractivity contribution is 7.47. The Morgan fingerprint density at radius 1 is 0.786 bits per heavy atom. The van der Waals surface area contributed by atoms with Gasteiger partial charge in [-0.2, -0.15) is 0 Å². The molecule has 0 saturated carbocycles. The van der Waals surface area contributed by atoms with Crippen LogP contribution in [0.4, 0.5) is 0 Å². The monoisotopic (exact) mass is 612 g/mol. The molecule has 0 aliphatic heterocycles. The van der Waals surface area contributed by atoms with Gasteiger partial charge in [0, 0.05) is 13.0 Å². The number of nitrogens with one attached hydrogen (secondary N) is 1. The van der Waals surface area contributed by atoms with Crippen molar-refractivity contribution in [3.8, 4) is 0 Å². The summed E-state index contributed by atoms with van der Waals surface area (Å²) in [5.74, 6) is -0.226. The SMILES string of the molecule is CCCC/C=C/CC/C=C/C(O)C(COP(=O)(O)OCCN)NC(=O)CCCCCCC/C=C\C/C=C\CCCCC. The number of unbranched alkanes of at least 4 members (excludes halogenated alkanes) is 11. The molecule has 0 radical (unpaired) electrons. The number of allylic oxidation sites excluding steroid dienone is 7. The zero-order valence-electron chi connectivity index (χ0n) is 26.5. The molecule has 9 heteroatoms. The molecule has 1 amide bonds. The molecule has 3 atom stereocenters. The Bertz CT molecular complexity index is 799. The van der Waals surface area contributed by atoms with Crippen LogP contribution in [0.25, 0.3) is 0 Å². The van der Waals surface area contributed by atoms with Gasteiger partial charge in [0.15, 0.2) is 0 Å². The van der Waals surface area contributed by atoms with Gasteiger partial charge in [0.25, 0.3) is 0 Å². The number of carbonyl (C=O) groups excluding carboxylic acids is 1. The second-order valence-electron chi connectivity index (χ2n) is 10.7. The molecule has 0 aromatic rings. The molecular weight excluding hydrogens is 551 g/mol. The van der Waals surface area contributed by atoms with E-state index in [1.807, 2.05) is 6.08 Å². The largest absolute Gasteiger partial charge is 0.472 e. The summed E-state index contributed by atoms with van der Waals surface area (Å²) in [6.45, 7) is 3.95. The average Bonchev–Trinajstić information content (AvgIpc) is 2.97. The van der Waals surface area contributed by atoms with Gasteiger partial charge in [0.2, 0.25) is 5.91 Å². The third kappa shape index (κ3) is 27.3. The van der Waals surface area contributed by atoms with Crippen LogP contribution >= 0.6 is 7.82 Å². The van der Waals surface area contributed by atoms with Crippen LogP contribution in [0.15, 0.2) is 48.6 Å². The van der Waals surface area contributed by atoms with E-state index in [0.29, 0.717) is 6.42 Å². The van der Waals surface area contributed by atoms with Crippen molar-refractivity contribution in [3.63, 3.8) is 0 Å². The van der Waals surface area contributed by atoms with E-state index in [0.717, 1.165) is 64.2 Å². The van der Waals surface area contributed by atoms with Gasteiger partial charge in [-0.15, -0.1) is 0 Å². The lowest BCUT2D eigenvalue weighted by Gasteiger charge is -2.23. The van der Waals surface area contributed by atoms with Crippen LogP contribution in [0.1, 0.15) is 123 Å². The second-order valence-corrected chi connectivity index (χ2v) is 12.1. The van der Waals surface area contributed by atoms with Gasteiger partial charge in [-0.25, -0.2) is 4.57 Å². The first-order chi connectivity index (χ1) is 20.4. The van der Waals surface area contributed by atoms with Crippen LogP contribution in [0.2, 0.25) is 0 Å². The number of hydrogen-bond acceptors (Lipinski definition) is 6. The number of aliphatic hydroxyl groups excluding tert-OH is 1. The van der Waals surface area contributed by atoms with Crippen molar-refractivity contribution in [2.45, 2.75) is 135 Å². The minimum absolute atomic E-state index is 0.0693. The van der Waals surface area contributed by atoms with Crippen LogP contribution < -0.4 is 11.1 Å². The molecule has 0 saturated heterocycles. The summed E-state index contributed by atoms with van der Waals surface area (Å²) in [7, 11) is -4.33. The van der Waals surface area contributed by atoms with Gasteiger partial charge in [0.1, 0.15) is 0 Å². The smallest absolute Gasteiger partial charge is 0.387 e. The van der Waals surface area contributed by atoms with E-state index in [9.17, 15) is 19.4 Å². The van der Waals surface area contributed by atoms with Crippen molar-refractivity contribution < 1.29 is 28.4 Å². The number of phosphoric ester groups is 1. The van der Waals surface area contributed by atoms with Gasteiger partial charge in [-0.1, -0.05) is 107 Å². The summed E-state index contributed by atoms with van der Waals surface area (Å²) in [6.07, 6.45) is 33.1. The number of rotatable bonds is 29. The van der Waals surface area contributed by atoms with E-state index >= 15 is 0 Å². The highest BCUT2D eigenvalue weighted by Crippen LogP contribution is 2.43. The third-order valence-electron chi connectivity index (χ3n) is 6.63. The fraction of sp³-hybridized carbons (Fsp3) is 0.727. The zero-order valence-corrected chi connectivity index (χ0v) is 27.4. The van der Waals surface area contributed by atoms with Gasteiger partial charge in [-0.05, 0) is 57.8 Å². The molecule has 0 spiro atoms. The van der Waals surface area contributed by atoms with Crippen molar-refractivity contribution >= 4 is 13.7 Å². The van der Waals surface area contributed by atoms with Crippen LogP contribution in [0, 0.1) is 0 Å². The van der Waals surface area contributed by atoms with E-state index in [1.165, 1.54) is 38.5 Å². The number of aliphatic hydroxyl groups is 1. The van der Waals surface area contributed by atoms with Crippen molar-refractivity contribution in [1.82, 2.24) is 5.32 Å². The van der Waals surface area contributed by atoms with E-state index in [-0.39, 0.29) is 25.7 Å². The van der Waals surface area contributed by atoms with E-state index in [2.05, 4.69) is 55.6 Å². The average molecular weight is 613 g/mol. The molecule has 5 N–H and O–H groups in total. The van der Waals surface area contributed by atoms with Crippen molar-refractivity contribution in [3.05, 3.63) is 48.6 Å². The summed E-state index contributed by atoms with van der Waals surface area (Å²) < 4.78 is 21.8. The first kappa shape index (κ1) is 40.5. The summed E-state index contributed by atoms with van der Waals surface area (Å²) in [4.78, 5) is 22.4. The molecule has 8 nitrogen and oxygen atoms in total. The first-order valence-corrected chi connectivity index (χ1v) is 17.8. The Morgan fingerprint density at radius 2 is 1.36 bits per heavy atom. The molecule has 0 aromatic carbocycles. The summed E-state index contributed by atoms with van der Waals surface area (Å²) >= 11 is 0. The minimum Gasteiger partial charge on any atom is -0.387 e. The molecule has 0 bridgehead atoms. The van der Waals surface area contributed by atoms with Crippen molar-refractivity contribution in [1.29, 1.82) is 0 Å². The van der Waals surface area contributed by atoms with Crippen LogP contribution in [-0.2, 0) is 18.4 Å². The van der Waals surface area contributed by atoms with Crippen LogP contribution in [-0.4, -0.2) is 47.8 Å². The highest BCUT2D eigenvalue weighted by Gasteiger charge is 2.26. The maximum absolute atomic E-state index is 12.6. The fourth-order valence-corrected chi connectivity index (χ4v) is 4.86. The Labute approximate surface area is 256 Å². The van der Waals surface area contributed by atoms with E-state index < -0.39 is 20.0 Å². The Hall–Kier alpha value is -1.54. The van der Waals surface area contributed by atoms with Crippen LogP contribution in [0.3, 0.4) is 0 Å². The van der Waals surface area contributed by atoms with Crippen molar-refractivity contribution in [2.24, 2.45) is 5.73 Å². The number of hydrogen-bond donors (Lipinski definition) is 4. The zero-order chi connectivity index (χ0) is 31.2. The summed E-state index contributed by atoms with van der Waals surface area (Å²) in [5.41, 5.74) is 5.32. The minimum atomic E-state index is -4.33. The number of phosphoric acid groups is 1. The number of carbonyl (C=O) groups is 1. The third-order valence-corrected chi connectivity index (χ3v) is 7.61. The molecule has 0 rings (SSSR count). The molecule has 42 heavy (non-hydrogen) atoms. The Kier molecular flexibility index (Phi) is 28.4. The first-order valence-electron chi connectivity index (χ1n) is 16.3. The maximum Gasteiger partial charge on any atom is 0.472 e. The summed E-state index contributed by atoms with van der Waals surface area (Å²) in [5, 5.41) is 13.4. The fourth-order valence-electron chi connectivity index (χ4n) is 4.10. The lowest BCUT2D eigenvalue weighted by atomic mass is 10.1. The Morgan fingerprint density at radius 3 is 2.05 bits per heavy atom. The molecule has 0 heterocycles. The van der Waals surface area contributed by atoms with Gasteiger partial charge >= 0.3 is 7.82 Å². The van der Waals surface area contributed by atoms with Gasteiger partial charge in [0.05, 0.1) is 25.4 Å². The van der Waals surface area contributed by atoms with E-state index in [1.54, 1.807) is 6.08 Å².